The zero-order valence-corrected chi connectivity index (χ0v) is 15.2. The fraction of sp³-hybridized carbons (Fsp3) is 0.250. The summed E-state index contributed by atoms with van der Waals surface area (Å²) >= 11 is 1.12. The second-order valence-corrected chi connectivity index (χ2v) is 6.43. The molecule has 10 nitrogen and oxygen atoms in total. The van der Waals surface area contributed by atoms with Crippen molar-refractivity contribution in [2.45, 2.75) is 20.4 Å². The summed E-state index contributed by atoms with van der Waals surface area (Å²) in [6, 6.07) is 5.66. The van der Waals surface area contributed by atoms with E-state index in [2.05, 4.69) is 10.1 Å². The lowest BCUT2D eigenvalue weighted by Gasteiger charge is -2.04. The first kappa shape index (κ1) is 18.5. The number of nitro benzene ring substituents is 1. The lowest BCUT2D eigenvalue weighted by atomic mass is 10.3. The smallest absolute Gasteiger partial charge is 0.326 e. The molecule has 0 spiro atoms. The van der Waals surface area contributed by atoms with Crippen molar-refractivity contribution in [2.75, 3.05) is 6.61 Å². The number of aryl methyl sites for hydroxylation is 1. The number of benzene rings is 1. The second-order valence-electron chi connectivity index (χ2n) is 5.42. The number of thiazole rings is 1. The lowest BCUT2D eigenvalue weighted by molar-refractivity contribution is -0.384. The number of rotatable bonds is 5. The molecule has 3 rings (SSSR count). The van der Waals surface area contributed by atoms with Crippen LogP contribution in [-0.2, 0) is 16.1 Å². The summed E-state index contributed by atoms with van der Waals surface area (Å²) in [7, 11) is 0. The van der Waals surface area contributed by atoms with Gasteiger partial charge in [0.2, 0.25) is 0 Å². The van der Waals surface area contributed by atoms with Gasteiger partial charge in [-0.2, -0.15) is 4.99 Å². The Hall–Kier alpha value is -3.34. The van der Waals surface area contributed by atoms with Crippen molar-refractivity contribution < 1.29 is 23.8 Å². The number of amides is 1. The Morgan fingerprint density at radius 2 is 2.19 bits per heavy atom. The number of nitro groups is 1. The number of hydrogen-bond donors (Lipinski definition) is 0. The lowest BCUT2D eigenvalue weighted by Crippen LogP contribution is -2.23. The molecule has 3 aromatic rings. The topological polar surface area (TPSA) is 130 Å². The molecule has 0 saturated carbocycles. The largest absolute Gasteiger partial charge is 0.465 e. The summed E-state index contributed by atoms with van der Waals surface area (Å²) in [5.74, 6) is -0.736. The summed E-state index contributed by atoms with van der Waals surface area (Å²) in [6.45, 7) is 3.26. The number of non-ortho nitro benzene ring substituents is 1. The summed E-state index contributed by atoms with van der Waals surface area (Å²) in [6.07, 6.45) is 0. The minimum atomic E-state index is -0.648. The average Bonchev–Trinajstić information content (AvgIpc) is 3.19. The third-order valence-electron chi connectivity index (χ3n) is 3.51. The van der Waals surface area contributed by atoms with E-state index >= 15 is 0 Å². The van der Waals surface area contributed by atoms with Crippen LogP contribution in [-0.4, -0.2) is 33.1 Å². The summed E-state index contributed by atoms with van der Waals surface area (Å²) in [5, 5.41) is 14.7. The molecular weight excluding hydrogens is 376 g/mol. The van der Waals surface area contributed by atoms with Crippen LogP contribution >= 0.6 is 11.3 Å². The molecule has 0 saturated heterocycles. The first-order valence-electron chi connectivity index (χ1n) is 7.85. The van der Waals surface area contributed by atoms with Crippen molar-refractivity contribution in [1.82, 2.24) is 9.72 Å². The van der Waals surface area contributed by atoms with Crippen molar-refractivity contribution in [3.05, 3.63) is 50.6 Å². The number of carbonyl (C=O) groups is 2. The highest BCUT2D eigenvalue weighted by Crippen LogP contribution is 2.23. The quantitative estimate of drug-likeness (QED) is 0.371. The van der Waals surface area contributed by atoms with Gasteiger partial charge in [0.25, 0.3) is 5.69 Å². The van der Waals surface area contributed by atoms with Gasteiger partial charge in [0.15, 0.2) is 10.5 Å². The zero-order valence-electron chi connectivity index (χ0n) is 14.4. The predicted octanol–water partition coefficient (Wildman–Crippen LogP) is 2.21. The molecule has 0 atom stereocenters. The van der Waals surface area contributed by atoms with Gasteiger partial charge < -0.3 is 13.8 Å². The van der Waals surface area contributed by atoms with Gasteiger partial charge in [-0.05, 0) is 19.9 Å². The molecule has 0 unspecified atom stereocenters. The van der Waals surface area contributed by atoms with Crippen molar-refractivity contribution in [3.8, 4) is 0 Å². The Morgan fingerprint density at radius 3 is 2.81 bits per heavy atom. The van der Waals surface area contributed by atoms with Gasteiger partial charge in [-0.25, -0.2) is 0 Å². The Bertz CT molecular complexity index is 1110. The second kappa shape index (κ2) is 7.50. The van der Waals surface area contributed by atoms with Crippen LogP contribution in [0.15, 0.2) is 33.8 Å². The molecule has 1 amide bonds. The molecule has 0 N–H and O–H groups in total. The van der Waals surface area contributed by atoms with Gasteiger partial charge in [-0.1, -0.05) is 16.5 Å². The highest BCUT2D eigenvalue weighted by atomic mass is 32.1. The highest BCUT2D eigenvalue weighted by Gasteiger charge is 2.17. The van der Waals surface area contributed by atoms with Gasteiger partial charge >= 0.3 is 11.9 Å². The number of hydrogen-bond acceptors (Lipinski definition) is 8. The summed E-state index contributed by atoms with van der Waals surface area (Å²) in [5.41, 5.74) is 0.298. The van der Waals surface area contributed by atoms with E-state index in [-0.39, 0.29) is 29.3 Å². The van der Waals surface area contributed by atoms with Crippen LogP contribution in [0.1, 0.15) is 23.2 Å². The third-order valence-corrected chi connectivity index (χ3v) is 4.57. The SMILES string of the molecule is CCOC(=O)Cn1c(=NC(=O)c2cc(C)on2)sc2ccc([N+](=O)[O-])cc21. The molecule has 2 heterocycles. The van der Waals surface area contributed by atoms with E-state index in [0.717, 1.165) is 11.3 Å². The maximum Gasteiger partial charge on any atom is 0.326 e. The predicted molar refractivity (Wildman–Crippen MR) is 94.2 cm³/mol. The molecule has 2 aromatic heterocycles. The normalized spacial score (nSPS) is 11.7. The van der Waals surface area contributed by atoms with E-state index in [1.54, 1.807) is 19.9 Å². The van der Waals surface area contributed by atoms with Crippen LogP contribution < -0.4 is 4.80 Å². The minimum Gasteiger partial charge on any atom is -0.465 e. The molecular formula is C16H14N4O6S. The van der Waals surface area contributed by atoms with Crippen molar-refractivity contribution >= 4 is 39.1 Å². The molecule has 27 heavy (non-hydrogen) atoms. The Kier molecular flexibility index (Phi) is 5.12. The molecule has 1 aromatic carbocycles. The Balaban J connectivity index is 2.15. The fourth-order valence-electron chi connectivity index (χ4n) is 2.36. The van der Waals surface area contributed by atoms with Crippen molar-refractivity contribution in [2.24, 2.45) is 4.99 Å². The number of fused-ring (bicyclic) bond motifs is 1. The number of ether oxygens (including phenoxy) is 1. The van der Waals surface area contributed by atoms with E-state index < -0.39 is 16.8 Å². The van der Waals surface area contributed by atoms with E-state index in [4.69, 9.17) is 9.26 Å². The van der Waals surface area contributed by atoms with E-state index in [0.29, 0.717) is 16.0 Å². The molecule has 140 valence electrons. The summed E-state index contributed by atoms with van der Waals surface area (Å²) < 4.78 is 11.9. The van der Waals surface area contributed by atoms with Gasteiger partial charge in [-0.15, -0.1) is 0 Å². The van der Waals surface area contributed by atoms with Gasteiger partial charge in [-0.3, -0.25) is 19.7 Å². The minimum absolute atomic E-state index is 0.0265. The Labute approximate surface area is 155 Å². The van der Waals surface area contributed by atoms with Crippen LogP contribution in [0.5, 0.6) is 0 Å². The van der Waals surface area contributed by atoms with Crippen molar-refractivity contribution in [1.29, 1.82) is 0 Å². The molecule has 0 radical (unpaired) electrons. The van der Waals surface area contributed by atoms with Crippen LogP contribution in [0.4, 0.5) is 5.69 Å². The zero-order chi connectivity index (χ0) is 19.6. The van der Waals surface area contributed by atoms with Crippen molar-refractivity contribution in [3.63, 3.8) is 0 Å². The van der Waals surface area contributed by atoms with Crippen LogP contribution in [0.25, 0.3) is 10.2 Å². The molecule has 11 heteroatoms. The standard InChI is InChI=1S/C16H14N4O6S/c1-3-25-14(21)8-19-12-7-10(20(23)24)4-5-13(12)27-16(19)17-15(22)11-6-9(2)26-18-11/h4-7H,3,8H2,1-2H3. The number of nitrogens with zero attached hydrogens (tertiary/aromatic N) is 4. The van der Waals surface area contributed by atoms with Crippen LogP contribution in [0, 0.1) is 17.0 Å². The third kappa shape index (κ3) is 3.92. The molecule has 0 aliphatic carbocycles. The molecule has 0 aliphatic heterocycles. The number of esters is 1. The van der Waals surface area contributed by atoms with E-state index in [9.17, 15) is 19.7 Å². The summed E-state index contributed by atoms with van der Waals surface area (Å²) in [4.78, 5) is 39.0. The first-order chi connectivity index (χ1) is 12.9. The molecule has 0 aliphatic rings. The van der Waals surface area contributed by atoms with Gasteiger partial charge in [0.1, 0.15) is 12.3 Å². The van der Waals surface area contributed by atoms with E-state index in [1.165, 1.54) is 22.8 Å². The monoisotopic (exact) mass is 390 g/mol. The number of aromatic nitrogens is 2. The maximum absolute atomic E-state index is 12.3. The fourth-order valence-corrected chi connectivity index (χ4v) is 3.36. The average molecular weight is 390 g/mol. The highest BCUT2D eigenvalue weighted by molar-refractivity contribution is 7.16. The van der Waals surface area contributed by atoms with E-state index in [1.807, 2.05) is 0 Å². The first-order valence-corrected chi connectivity index (χ1v) is 8.66. The van der Waals surface area contributed by atoms with Gasteiger partial charge in [0.05, 0.1) is 21.7 Å². The molecule has 0 bridgehead atoms. The maximum atomic E-state index is 12.3. The van der Waals surface area contributed by atoms with Crippen LogP contribution in [0.2, 0.25) is 0 Å². The molecule has 0 fully saturated rings. The number of carbonyl (C=O) groups excluding carboxylic acids is 2. The van der Waals surface area contributed by atoms with Gasteiger partial charge in [0, 0.05) is 18.2 Å². The Morgan fingerprint density at radius 1 is 1.41 bits per heavy atom. The van der Waals surface area contributed by atoms with Crippen LogP contribution in [0.3, 0.4) is 0 Å².